The zero-order valence-electron chi connectivity index (χ0n) is 17.7. The normalized spacial score (nSPS) is 14.3. The molecular formula is C22H22FN7O2. The van der Waals surface area contributed by atoms with E-state index in [9.17, 15) is 4.39 Å². The van der Waals surface area contributed by atoms with E-state index in [1.807, 2.05) is 19.3 Å². The zero-order valence-corrected chi connectivity index (χ0v) is 17.7. The van der Waals surface area contributed by atoms with E-state index in [1.54, 1.807) is 22.9 Å². The number of pyridine rings is 1. The van der Waals surface area contributed by atoms with Crippen molar-refractivity contribution in [2.45, 2.75) is 13.0 Å². The number of nitrogens with one attached hydrogen (secondary N) is 1. The van der Waals surface area contributed by atoms with Crippen LogP contribution in [-0.2, 0) is 7.05 Å². The summed E-state index contributed by atoms with van der Waals surface area (Å²) >= 11 is 0. The van der Waals surface area contributed by atoms with Gasteiger partial charge in [-0.05, 0) is 24.7 Å². The molecule has 1 aliphatic rings. The summed E-state index contributed by atoms with van der Waals surface area (Å²) in [4.78, 5) is 14.9. The third-order valence-corrected chi connectivity index (χ3v) is 5.24. The first-order valence-electron chi connectivity index (χ1n) is 10.3. The SMILES string of the molecule is CCN1CC(Oc2cnc(Oc3ccc4ncnc(Nc5ccn(C)n5)c4c3)c(F)c2)C1. The van der Waals surface area contributed by atoms with Gasteiger partial charge in [0, 0.05) is 43.9 Å². The van der Waals surface area contributed by atoms with E-state index in [4.69, 9.17) is 9.47 Å². The van der Waals surface area contributed by atoms with E-state index >= 15 is 0 Å². The van der Waals surface area contributed by atoms with Crippen molar-refractivity contribution in [2.75, 3.05) is 25.0 Å². The second-order valence-corrected chi connectivity index (χ2v) is 7.55. The average Bonchev–Trinajstić information content (AvgIpc) is 3.17. The van der Waals surface area contributed by atoms with Gasteiger partial charge in [-0.2, -0.15) is 5.10 Å². The Bertz CT molecular complexity index is 1260. The van der Waals surface area contributed by atoms with Crippen molar-refractivity contribution in [2.24, 2.45) is 7.05 Å². The number of fused-ring (bicyclic) bond motifs is 1. The summed E-state index contributed by atoms with van der Waals surface area (Å²) in [6, 6.07) is 8.36. The fourth-order valence-electron chi connectivity index (χ4n) is 3.51. The predicted octanol–water partition coefficient (Wildman–Crippen LogP) is 3.52. The number of aromatic nitrogens is 5. The van der Waals surface area contributed by atoms with Gasteiger partial charge in [0.1, 0.15) is 29.7 Å². The highest BCUT2D eigenvalue weighted by atomic mass is 19.1. The highest BCUT2D eigenvalue weighted by Crippen LogP contribution is 2.30. The summed E-state index contributed by atoms with van der Waals surface area (Å²) in [5, 5.41) is 8.18. The Kier molecular flexibility index (Phi) is 5.28. The van der Waals surface area contributed by atoms with Crippen LogP contribution in [0.3, 0.4) is 0 Å². The minimum atomic E-state index is -0.592. The van der Waals surface area contributed by atoms with Crippen LogP contribution in [0.5, 0.6) is 17.4 Å². The van der Waals surface area contributed by atoms with Gasteiger partial charge in [-0.25, -0.2) is 19.3 Å². The lowest BCUT2D eigenvalue weighted by atomic mass is 10.2. The Hall–Kier alpha value is -3.79. The molecule has 10 heteroatoms. The fourth-order valence-corrected chi connectivity index (χ4v) is 3.51. The van der Waals surface area contributed by atoms with Gasteiger partial charge in [-0.1, -0.05) is 6.92 Å². The molecule has 0 aliphatic carbocycles. The minimum absolute atomic E-state index is 0.0634. The van der Waals surface area contributed by atoms with Gasteiger partial charge in [0.15, 0.2) is 11.6 Å². The Morgan fingerprint density at radius 3 is 2.75 bits per heavy atom. The van der Waals surface area contributed by atoms with Gasteiger partial charge >= 0.3 is 0 Å². The second-order valence-electron chi connectivity index (χ2n) is 7.55. The second kappa shape index (κ2) is 8.39. The highest BCUT2D eigenvalue weighted by molar-refractivity contribution is 5.91. The van der Waals surface area contributed by atoms with Crippen molar-refractivity contribution in [1.29, 1.82) is 0 Å². The number of hydrogen-bond acceptors (Lipinski definition) is 8. The van der Waals surface area contributed by atoms with Crippen LogP contribution >= 0.6 is 0 Å². The molecule has 0 bridgehead atoms. The number of likely N-dealkylation sites (tertiary alicyclic amines) is 1. The average molecular weight is 435 g/mol. The molecule has 9 nitrogen and oxygen atoms in total. The van der Waals surface area contributed by atoms with Crippen LogP contribution in [0, 0.1) is 5.82 Å². The van der Waals surface area contributed by atoms with Crippen LogP contribution in [0.25, 0.3) is 10.9 Å². The molecule has 0 spiro atoms. The number of likely N-dealkylation sites (N-methyl/N-ethyl adjacent to an activating group) is 1. The predicted molar refractivity (Wildman–Crippen MR) is 117 cm³/mol. The fraction of sp³-hybridized carbons (Fsp3) is 0.273. The molecule has 0 saturated carbocycles. The Morgan fingerprint density at radius 1 is 1.12 bits per heavy atom. The van der Waals surface area contributed by atoms with Crippen molar-refractivity contribution in [3.05, 3.63) is 54.9 Å². The van der Waals surface area contributed by atoms with Crippen LogP contribution in [0.2, 0.25) is 0 Å². The standard InChI is InChI=1S/C22H22FN7O2/c1-3-30-11-16(12-30)31-15-9-18(23)22(24-10-15)32-14-4-5-19-17(8-14)21(26-13-25-19)27-20-6-7-29(2)28-20/h4-10,13,16H,3,11-12H2,1-2H3,(H,25,26,27,28). The number of hydrogen-bond donors (Lipinski definition) is 1. The summed E-state index contributed by atoms with van der Waals surface area (Å²) in [6.07, 6.45) is 4.84. The lowest BCUT2D eigenvalue weighted by Crippen LogP contribution is -2.53. The molecule has 32 heavy (non-hydrogen) atoms. The quantitative estimate of drug-likeness (QED) is 0.472. The topological polar surface area (TPSA) is 90.2 Å². The minimum Gasteiger partial charge on any atom is -0.486 e. The van der Waals surface area contributed by atoms with Gasteiger partial charge in [0.2, 0.25) is 0 Å². The molecule has 3 aromatic heterocycles. The number of nitrogens with zero attached hydrogens (tertiary/aromatic N) is 6. The van der Waals surface area contributed by atoms with Gasteiger partial charge in [-0.3, -0.25) is 9.58 Å². The summed E-state index contributed by atoms with van der Waals surface area (Å²) in [6.45, 7) is 4.75. The number of halogens is 1. The molecule has 1 saturated heterocycles. The number of rotatable bonds is 7. The molecule has 164 valence electrons. The number of benzene rings is 1. The van der Waals surface area contributed by atoms with Crippen LogP contribution < -0.4 is 14.8 Å². The third kappa shape index (κ3) is 4.17. The largest absolute Gasteiger partial charge is 0.486 e. The molecular weight excluding hydrogens is 413 g/mol. The zero-order chi connectivity index (χ0) is 22.1. The number of anilines is 2. The summed E-state index contributed by atoms with van der Waals surface area (Å²) in [7, 11) is 1.83. The molecule has 1 aromatic carbocycles. The van der Waals surface area contributed by atoms with Crippen molar-refractivity contribution in [1.82, 2.24) is 29.6 Å². The van der Waals surface area contributed by atoms with Crippen LogP contribution in [0.15, 0.2) is 49.1 Å². The summed E-state index contributed by atoms with van der Waals surface area (Å²) in [5.74, 6) is 1.30. The van der Waals surface area contributed by atoms with E-state index in [0.717, 1.165) is 19.6 Å². The molecule has 1 fully saturated rings. The Morgan fingerprint density at radius 2 is 2.00 bits per heavy atom. The lowest BCUT2D eigenvalue weighted by Gasteiger charge is -2.38. The first-order valence-corrected chi connectivity index (χ1v) is 10.3. The van der Waals surface area contributed by atoms with E-state index < -0.39 is 5.82 Å². The molecule has 5 rings (SSSR count). The van der Waals surface area contributed by atoms with E-state index in [0.29, 0.717) is 34.0 Å². The van der Waals surface area contributed by atoms with Crippen LogP contribution in [-0.4, -0.2) is 55.4 Å². The number of ether oxygens (including phenoxy) is 2. The monoisotopic (exact) mass is 435 g/mol. The third-order valence-electron chi connectivity index (χ3n) is 5.24. The van der Waals surface area contributed by atoms with Crippen molar-refractivity contribution >= 4 is 22.5 Å². The molecule has 0 radical (unpaired) electrons. The van der Waals surface area contributed by atoms with Gasteiger partial charge in [0.25, 0.3) is 5.88 Å². The van der Waals surface area contributed by atoms with E-state index in [1.165, 1.54) is 18.6 Å². The first-order chi connectivity index (χ1) is 15.6. The highest BCUT2D eigenvalue weighted by Gasteiger charge is 2.27. The first kappa shape index (κ1) is 20.1. The maximum absolute atomic E-state index is 14.6. The van der Waals surface area contributed by atoms with Crippen LogP contribution in [0.1, 0.15) is 6.92 Å². The van der Waals surface area contributed by atoms with Crippen molar-refractivity contribution < 1.29 is 13.9 Å². The molecule has 0 unspecified atom stereocenters. The molecule has 1 N–H and O–H groups in total. The summed E-state index contributed by atoms with van der Waals surface area (Å²) in [5.41, 5.74) is 0.713. The number of aryl methyl sites for hydroxylation is 1. The van der Waals surface area contributed by atoms with Crippen LogP contribution in [0.4, 0.5) is 16.0 Å². The summed E-state index contributed by atoms with van der Waals surface area (Å²) < 4.78 is 27.8. The molecule has 4 heterocycles. The molecule has 0 atom stereocenters. The van der Waals surface area contributed by atoms with Gasteiger partial charge in [0.05, 0.1) is 11.7 Å². The van der Waals surface area contributed by atoms with Gasteiger partial charge < -0.3 is 14.8 Å². The molecule has 4 aromatic rings. The molecule has 0 amide bonds. The maximum atomic E-state index is 14.6. The maximum Gasteiger partial charge on any atom is 0.256 e. The lowest BCUT2D eigenvalue weighted by molar-refractivity contribution is 0.0233. The van der Waals surface area contributed by atoms with Crippen molar-refractivity contribution in [3.63, 3.8) is 0 Å². The van der Waals surface area contributed by atoms with E-state index in [-0.39, 0.29) is 12.0 Å². The Labute approximate surface area is 183 Å². The smallest absolute Gasteiger partial charge is 0.256 e. The Balaban J connectivity index is 1.34. The van der Waals surface area contributed by atoms with E-state index in [2.05, 4.69) is 37.2 Å². The van der Waals surface area contributed by atoms with Crippen molar-refractivity contribution in [3.8, 4) is 17.4 Å². The van der Waals surface area contributed by atoms with Gasteiger partial charge in [-0.15, -0.1) is 0 Å². The molecule has 1 aliphatic heterocycles.